The number of piperidine rings is 2. The number of amides is 2. The predicted octanol–water partition coefficient (Wildman–Crippen LogP) is 2.38. The Balaban J connectivity index is 1.15. The van der Waals surface area contributed by atoms with E-state index in [4.69, 9.17) is 14.2 Å². The topological polar surface area (TPSA) is 98.6 Å². The van der Waals surface area contributed by atoms with Crippen LogP contribution in [0.1, 0.15) is 64.2 Å². The molecular formula is C32H53N5O5. The molecule has 0 aromatic rings. The lowest BCUT2D eigenvalue weighted by molar-refractivity contribution is -0.144. The first-order valence-electron chi connectivity index (χ1n) is 16.6. The van der Waals surface area contributed by atoms with Crippen LogP contribution in [0.4, 0.5) is 0 Å². The molecule has 0 aromatic carbocycles. The Morgan fingerprint density at radius 2 is 1.48 bits per heavy atom. The van der Waals surface area contributed by atoms with Crippen LogP contribution in [0.15, 0.2) is 0 Å². The summed E-state index contributed by atoms with van der Waals surface area (Å²) < 4.78 is 16.6. The number of carbonyl (C=O) groups is 2. The number of methoxy groups -OCH3 is 1. The number of likely N-dealkylation sites (tertiary alicyclic amines) is 2. The molecule has 0 aromatic heterocycles. The summed E-state index contributed by atoms with van der Waals surface area (Å²) in [5.74, 6) is 1.38. The molecule has 4 aliphatic heterocycles. The Kier molecular flexibility index (Phi) is 11.5. The Hall–Kier alpha value is -1.77. The molecule has 0 bridgehead atoms. The fourth-order valence-corrected chi connectivity index (χ4v) is 7.79. The second-order valence-electron chi connectivity index (χ2n) is 13.4. The quantitative estimate of drug-likeness (QED) is 0.406. The molecule has 5 rings (SSSR count). The lowest BCUT2D eigenvalue weighted by Crippen LogP contribution is -2.56. The van der Waals surface area contributed by atoms with Gasteiger partial charge in [-0.25, -0.2) is 0 Å². The van der Waals surface area contributed by atoms with E-state index >= 15 is 0 Å². The van der Waals surface area contributed by atoms with E-state index < -0.39 is 5.41 Å². The zero-order valence-corrected chi connectivity index (χ0v) is 25.9. The van der Waals surface area contributed by atoms with Crippen molar-refractivity contribution in [2.75, 3.05) is 92.4 Å². The van der Waals surface area contributed by atoms with Crippen LogP contribution >= 0.6 is 0 Å². The van der Waals surface area contributed by atoms with Gasteiger partial charge in [0, 0.05) is 78.7 Å². The minimum absolute atomic E-state index is 0.0123. The average Bonchev–Trinajstić information content (AvgIpc) is 3.05. The van der Waals surface area contributed by atoms with Crippen LogP contribution < -0.4 is 0 Å². The minimum atomic E-state index is -0.912. The van der Waals surface area contributed by atoms with Crippen molar-refractivity contribution in [3.8, 4) is 6.07 Å². The molecule has 1 saturated carbocycles. The Bertz CT molecular complexity index is 907. The summed E-state index contributed by atoms with van der Waals surface area (Å²) in [5, 5.41) is 10.2. The van der Waals surface area contributed by atoms with Crippen molar-refractivity contribution < 1.29 is 23.8 Å². The van der Waals surface area contributed by atoms with Crippen LogP contribution in [0, 0.1) is 28.6 Å². The van der Waals surface area contributed by atoms with Gasteiger partial charge in [0.1, 0.15) is 5.41 Å². The van der Waals surface area contributed by atoms with Gasteiger partial charge in [0.25, 0.3) is 0 Å². The lowest BCUT2D eigenvalue weighted by Gasteiger charge is -2.44. The van der Waals surface area contributed by atoms with Gasteiger partial charge in [0.2, 0.25) is 11.8 Å². The van der Waals surface area contributed by atoms with Crippen molar-refractivity contribution in [1.82, 2.24) is 19.6 Å². The molecule has 0 spiro atoms. The first-order chi connectivity index (χ1) is 20.5. The molecule has 0 atom stereocenters. The lowest BCUT2D eigenvalue weighted by atomic mass is 9.77. The summed E-state index contributed by atoms with van der Waals surface area (Å²) in [6, 6.07) is 2.61. The summed E-state index contributed by atoms with van der Waals surface area (Å²) >= 11 is 0. The van der Waals surface area contributed by atoms with Gasteiger partial charge in [0.05, 0.1) is 31.9 Å². The fourth-order valence-electron chi connectivity index (χ4n) is 7.79. The fraction of sp³-hybridized carbons (Fsp3) is 0.906. The molecule has 10 heteroatoms. The number of nitriles is 1. The number of hydrogen-bond acceptors (Lipinski definition) is 8. The molecule has 4 heterocycles. The van der Waals surface area contributed by atoms with E-state index in [-0.39, 0.29) is 17.9 Å². The van der Waals surface area contributed by atoms with Gasteiger partial charge in [0.15, 0.2) is 0 Å². The summed E-state index contributed by atoms with van der Waals surface area (Å²) in [6.07, 6.45) is 9.64. The van der Waals surface area contributed by atoms with Crippen LogP contribution in [-0.2, 0) is 23.8 Å². The van der Waals surface area contributed by atoms with Gasteiger partial charge in [-0.05, 0) is 76.0 Å². The largest absolute Gasteiger partial charge is 0.381 e. The van der Waals surface area contributed by atoms with Gasteiger partial charge in [-0.1, -0.05) is 0 Å². The van der Waals surface area contributed by atoms with E-state index in [1.807, 2.05) is 4.90 Å². The summed E-state index contributed by atoms with van der Waals surface area (Å²) in [7, 11) is 1.80. The summed E-state index contributed by atoms with van der Waals surface area (Å²) in [6.45, 7) is 9.80. The third kappa shape index (κ3) is 8.03. The number of rotatable bonds is 9. The molecule has 0 radical (unpaired) electrons. The SMILES string of the molecule is COC1CCC(CN(C(=O)CN2CCOCC2)C2CCN(C(=O)C3(C#N)CCN(CC4CCOCC4)CC3)CC2)CC1. The van der Waals surface area contributed by atoms with Gasteiger partial charge < -0.3 is 28.9 Å². The third-order valence-corrected chi connectivity index (χ3v) is 10.7. The molecule has 2 amide bonds. The standard InChI is InChI=1S/C32H53N5O5/c1-40-29-4-2-26(3-5-29)23-37(30(38)24-35-16-20-42-21-17-35)28-6-12-36(13-7-28)31(39)32(25-33)10-14-34(15-11-32)22-27-8-18-41-19-9-27/h26-29H,2-24H2,1H3. The van der Waals surface area contributed by atoms with Gasteiger partial charge in [-0.3, -0.25) is 14.5 Å². The molecule has 5 aliphatic rings. The molecule has 1 aliphatic carbocycles. The zero-order valence-electron chi connectivity index (χ0n) is 25.9. The normalized spacial score (nSPS) is 28.7. The second kappa shape index (κ2) is 15.3. The number of hydrogen-bond donors (Lipinski definition) is 0. The minimum Gasteiger partial charge on any atom is -0.381 e. The van der Waals surface area contributed by atoms with Crippen molar-refractivity contribution in [2.24, 2.45) is 17.3 Å². The van der Waals surface area contributed by atoms with Crippen LogP contribution in [0.2, 0.25) is 0 Å². The number of nitrogens with zero attached hydrogens (tertiary/aromatic N) is 5. The number of carbonyl (C=O) groups excluding carboxylic acids is 2. The maximum absolute atomic E-state index is 13.8. The molecule has 10 nitrogen and oxygen atoms in total. The van der Waals surface area contributed by atoms with E-state index in [0.717, 1.165) is 104 Å². The van der Waals surface area contributed by atoms with E-state index in [2.05, 4.69) is 20.8 Å². The van der Waals surface area contributed by atoms with E-state index in [0.29, 0.717) is 63.6 Å². The monoisotopic (exact) mass is 587 g/mol. The Morgan fingerprint density at radius 3 is 2.10 bits per heavy atom. The van der Waals surface area contributed by atoms with E-state index in [1.165, 1.54) is 0 Å². The molecular weight excluding hydrogens is 534 g/mol. The molecule has 0 unspecified atom stereocenters. The van der Waals surface area contributed by atoms with Crippen molar-refractivity contribution in [2.45, 2.75) is 76.4 Å². The van der Waals surface area contributed by atoms with E-state index in [1.54, 1.807) is 7.11 Å². The van der Waals surface area contributed by atoms with Crippen LogP contribution in [-0.4, -0.2) is 136 Å². The molecule has 5 fully saturated rings. The van der Waals surface area contributed by atoms with Crippen molar-refractivity contribution >= 4 is 11.8 Å². The second-order valence-corrected chi connectivity index (χ2v) is 13.4. The van der Waals surface area contributed by atoms with Crippen LogP contribution in [0.3, 0.4) is 0 Å². The maximum atomic E-state index is 13.8. The highest BCUT2D eigenvalue weighted by molar-refractivity contribution is 5.86. The molecule has 236 valence electrons. The van der Waals surface area contributed by atoms with Crippen LogP contribution in [0.25, 0.3) is 0 Å². The highest BCUT2D eigenvalue weighted by Gasteiger charge is 2.45. The van der Waals surface area contributed by atoms with Crippen molar-refractivity contribution in [1.29, 1.82) is 5.26 Å². The van der Waals surface area contributed by atoms with Gasteiger partial charge in [-0.15, -0.1) is 0 Å². The zero-order chi connectivity index (χ0) is 29.4. The van der Waals surface area contributed by atoms with E-state index in [9.17, 15) is 14.9 Å². The Morgan fingerprint density at radius 1 is 0.833 bits per heavy atom. The number of ether oxygens (including phenoxy) is 3. The van der Waals surface area contributed by atoms with Gasteiger partial charge in [-0.2, -0.15) is 5.26 Å². The predicted molar refractivity (Wildman–Crippen MR) is 159 cm³/mol. The van der Waals surface area contributed by atoms with Crippen LogP contribution in [0.5, 0.6) is 0 Å². The van der Waals surface area contributed by atoms with Gasteiger partial charge >= 0.3 is 0 Å². The molecule has 4 saturated heterocycles. The maximum Gasteiger partial charge on any atom is 0.243 e. The third-order valence-electron chi connectivity index (χ3n) is 10.7. The average molecular weight is 588 g/mol. The molecule has 0 N–H and O–H groups in total. The highest BCUT2D eigenvalue weighted by atomic mass is 16.5. The first-order valence-corrected chi connectivity index (χ1v) is 16.6. The Labute approximate surface area is 252 Å². The highest BCUT2D eigenvalue weighted by Crippen LogP contribution is 2.35. The number of morpholine rings is 1. The first kappa shape index (κ1) is 31.6. The smallest absolute Gasteiger partial charge is 0.243 e. The summed E-state index contributed by atoms with van der Waals surface area (Å²) in [4.78, 5) is 36.3. The molecule has 42 heavy (non-hydrogen) atoms. The van der Waals surface area contributed by atoms with Crippen molar-refractivity contribution in [3.05, 3.63) is 0 Å². The van der Waals surface area contributed by atoms with Crippen molar-refractivity contribution in [3.63, 3.8) is 0 Å². The summed E-state index contributed by atoms with van der Waals surface area (Å²) in [5.41, 5.74) is -0.912.